The molecule has 1 saturated heterocycles. The average molecular weight is 301 g/mol. The maximum absolute atomic E-state index is 12.6. The maximum Gasteiger partial charge on any atom is 0.325 e. The first-order chi connectivity index (χ1) is 9.69. The summed E-state index contributed by atoms with van der Waals surface area (Å²) < 4.78 is 0. The standard InChI is InChI=1S/C15H25ClN2O2/c16-11-7-4-8-12-18-13(19)15(17-14(18)20)9-5-2-1-3-6-10-15/h1-12H2,(H,17,20). The first-order valence-electron chi connectivity index (χ1n) is 7.90. The van der Waals surface area contributed by atoms with Crippen molar-refractivity contribution in [1.29, 1.82) is 0 Å². The lowest BCUT2D eigenvalue weighted by Gasteiger charge is -2.28. The second-order valence-corrected chi connectivity index (χ2v) is 6.36. The number of alkyl halides is 1. The van der Waals surface area contributed by atoms with Gasteiger partial charge in [-0.1, -0.05) is 38.5 Å². The molecule has 1 aliphatic heterocycles. The molecule has 0 aromatic carbocycles. The lowest BCUT2D eigenvalue weighted by atomic mass is 9.84. The topological polar surface area (TPSA) is 49.4 Å². The van der Waals surface area contributed by atoms with Gasteiger partial charge in [-0.3, -0.25) is 9.69 Å². The van der Waals surface area contributed by atoms with Gasteiger partial charge in [-0.25, -0.2) is 4.79 Å². The minimum Gasteiger partial charge on any atom is -0.323 e. The van der Waals surface area contributed by atoms with Crippen LogP contribution in [-0.2, 0) is 4.79 Å². The highest BCUT2D eigenvalue weighted by atomic mass is 35.5. The summed E-state index contributed by atoms with van der Waals surface area (Å²) in [6, 6.07) is -0.193. The van der Waals surface area contributed by atoms with Gasteiger partial charge in [-0.2, -0.15) is 0 Å². The zero-order valence-electron chi connectivity index (χ0n) is 12.1. The van der Waals surface area contributed by atoms with Crippen LogP contribution in [0.2, 0.25) is 0 Å². The Balaban J connectivity index is 1.95. The molecular weight excluding hydrogens is 276 g/mol. The predicted molar refractivity (Wildman–Crippen MR) is 79.9 cm³/mol. The third kappa shape index (κ3) is 3.46. The van der Waals surface area contributed by atoms with Gasteiger partial charge in [0, 0.05) is 12.4 Å². The molecule has 1 spiro atoms. The van der Waals surface area contributed by atoms with Crippen LogP contribution in [0.1, 0.15) is 64.2 Å². The number of hydrogen-bond donors (Lipinski definition) is 1. The molecule has 5 heteroatoms. The summed E-state index contributed by atoms with van der Waals surface area (Å²) in [4.78, 5) is 26.2. The smallest absolute Gasteiger partial charge is 0.323 e. The van der Waals surface area contributed by atoms with Crippen molar-refractivity contribution in [3.8, 4) is 0 Å². The van der Waals surface area contributed by atoms with Gasteiger partial charge >= 0.3 is 6.03 Å². The van der Waals surface area contributed by atoms with Crippen molar-refractivity contribution in [3.63, 3.8) is 0 Å². The zero-order chi connectivity index (χ0) is 14.4. The van der Waals surface area contributed by atoms with E-state index in [1.165, 1.54) is 24.2 Å². The molecule has 114 valence electrons. The number of rotatable bonds is 5. The summed E-state index contributed by atoms with van der Waals surface area (Å²) in [6.45, 7) is 0.531. The number of carbonyl (C=O) groups is 2. The van der Waals surface area contributed by atoms with Gasteiger partial charge in [0.25, 0.3) is 5.91 Å². The fraction of sp³-hybridized carbons (Fsp3) is 0.867. The van der Waals surface area contributed by atoms with Crippen molar-refractivity contribution < 1.29 is 9.59 Å². The number of nitrogens with one attached hydrogen (secondary N) is 1. The molecule has 0 atom stereocenters. The van der Waals surface area contributed by atoms with Crippen LogP contribution < -0.4 is 5.32 Å². The number of unbranched alkanes of at least 4 members (excludes halogenated alkanes) is 2. The molecule has 1 aliphatic carbocycles. The van der Waals surface area contributed by atoms with Gasteiger partial charge in [-0.05, 0) is 25.7 Å². The molecule has 2 fully saturated rings. The molecule has 1 heterocycles. The number of carbonyl (C=O) groups excluding carboxylic acids is 2. The van der Waals surface area contributed by atoms with E-state index < -0.39 is 5.54 Å². The van der Waals surface area contributed by atoms with Crippen LogP contribution in [0.4, 0.5) is 4.79 Å². The highest BCUT2D eigenvalue weighted by molar-refractivity contribution is 6.17. The normalized spacial score (nSPS) is 22.8. The van der Waals surface area contributed by atoms with E-state index in [2.05, 4.69) is 5.32 Å². The Kier molecular flexibility index (Phi) is 5.70. The Labute approximate surface area is 126 Å². The predicted octanol–water partition coefficient (Wildman–Crippen LogP) is 3.43. The molecule has 0 bridgehead atoms. The van der Waals surface area contributed by atoms with E-state index in [9.17, 15) is 9.59 Å². The fourth-order valence-electron chi connectivity index (χ4n) is 3.27. The molecule has 20 heavy (non-hydrogen) atoms. The van der Waals surface area contributed by atoms with Crippen molar-refractivity contribution in [2.24, 2.45) is 0 Å². The highest BCUT2D eigenvalue weighted by Crippen LogP contribution is 2.32. The number of amides is 3. The molecule has 3 amide bonds. The average Bonchev–Trinajstić information content (AvgIpc) is 2.63. The lowest BCUT2D eigenvalue weighted by Crippen LogP contribution is -2.47. The molecule has 1 saturated carbocycles. The second-order valence-electron chi connectivity index (χ2n) is 5.99. The van der Waals surface area contributed by atoms with Crippen LogP contribution in [0.25, 0.3) is 0 Å². The van der Waals surface area contributed by atoms with Crippen molar-refractivity contribution in [3.05, 3.63) is 0 Å². The van der Waals surface area contributed by atoms with E-state index in [1.807, 2.05) is 0 Å². The summed E-state index contributed by atoms with van der Waals surface area (Å²) in [5, 5.41) is 2.99. The molecule has 0 aromatic heterocycles. The maximum atomic E-state index is 12.6. The molecule has 2 rings (SSSR count). The number of hydrogen-bond acceptors (Lipinski definition) is 2. The highest BCUT2D eigenvalue weighted by Gasteiger charge is 2.49. The van der Waals surface area contributed by atoms with Crippen molar-refractivity contribution in [2.75, 3.05) is 12.4 Å². The van der Waals surface area contributed by atoms with Crippen molar-refractivity contribution >= 4 is 23.5 Å². The first kappa shape index (κ1) is 15.6. The Morgan fingerprint density at radius 1 is 1.00 bits per heavy atom. The van der Waals surface area contributed by atoms with Crippen LogP contribution >= 0.6 is 11.6 Å². The molecule has 0 unspecified atom stereocenters. The second kappa shape index (κ2) is 7.30. The summed E-state index contributed by atoms with van der Waals surface area (Å²) >= 11 is 5.64. The monoisotopic (exact) mass is 300 g/mol. The molecule has 0 radical (unpaired) electrons. The lowest BCUT2D eigenvalue weighted by molar-refractivity contribution is -0.132. The van der Waals surface area contributed by atoms with Gasteiger partial charge in [0.15, 0.2) is 0 Å². The third-order valence-electron chi connectivity index (χ3n) is 4.47. The third-order valence-corrected chi connectivity index (χ3v) is 4.74. The number of nitrogens with zero attached hydrogens (tertiary/aromatic N) is 1. The van der Waals surface area contributed by atoms with Gasteiger partial charge in [0.2, 0.25) is 0 Å². The molecular formula is C15H25ClN2O2. The van der Waals surface area contributed by atoms with Crippen LogP contribution in [0.3, 0.4) is 0 Å². The summed E-state index contributed by atoms with van der Waals surface area (Å²) in [7, 11) is 0. The minimum absolute atomic E-state index is 0.00951. The minimum atomic E-state index is -0.593. The number of halogens is 1. The van der Waals surface area contributed by atoms with E-state index >= 15 is 0 Å². The van der Waals surface area contributed by atoms with Crippen LogP contribution in [-0.4, -0.2) is 34.8 Å². The summed E-state index contributed by atoms with van der Waals surface area (Å²) in [6.07, 6.45) is 10.0. The Bertz CT molecular complexity index is 352. The first-order valence-corrected chi connectivity index (χ1v) is 8.43. The quantitative estimate of drug-likeness (QED) is 0.480. The van der Waals surface area contributed by atoms with Crippen molar-refractivity contribution in [2.45, 2.75) is 69.7 Å². The Hall–Kier alpha value is -0.770. The molecule has 2 aliphatic rings. The molecule has 4 nitrogen and oxygen atoms in total. The summed E-state index contributed by atoms with van der Waals surface area (Å²) in [5.74, 6) is 0.652. The zero-order valence-corrected chi connectivity index (χ0v) is 12.9. The largest absolute Gasteiger partial charge is 0.325 e. The van der Waals surface area contributed by atoms with E-state index in [0.717, 1.165) is 44.9 Å². The van der Waals surface area contributed by atoms with E-state index in [-0.39, 0.29) is 11.9 Å². The van der Waals surface area contributed by atoms with Crippen molar-refractivity contribution in [1.82, 2.24) is 10.2 Å². The molecule has 0 aromatic rings. The Morgan fingerprint density at radius 2 is 1.65 bits per heavy atom. The van der Waals surface area contributed by atoms with Gasteiger partial charge in [-0.15, -0.1) is 11.6 Å². The van der Waals surface area contributed by atoms with E-state index in [1.54, 1.807) is 0 Å². The van der Waals surface area contributed by atoms with Crippen LogP contribution in [0.15, 0.2) is 0 Å². The van der Waals surface area contributed by atoms with Gasteiger partial charge in [0.1, 0.15) is 5.54 Å². The van der Waals surface area contributed by atoms with E-state index in [4.69, 9.17) is 11.6 Å². The SMILES string of the molecule is O=C1NC2(CCCCCCC2)C(=O)N1CCCCCCl. The van der Waals surface area contributed by atoms with E-state index in [0.29, 0.717) is 12.4 Å². The summed E-state index contributed by atoms with van der Waals surface area (Å²) in [5.41, 5.74) is -0.593. The Morgan fingerprint density at radius 3 is 2.30 bits per heavy atom. The number of imide groups is 1. The van der Waals surface area contributed by atoms with Crippen LogP contribution in [0, 0.1) is 0 Å². The van der Waals surface area contributed by atoms with Gasteiger partial charge < -0.3 is 5.32 Å². The molecule has 1 N–H and O–H groups in total. The van der Waals surface area contributed by atoms with Crippen LogP contribution in [0.5, 0.6) is 0 Å². The number of urea groups is 1. The fourth-order valence-corrected chi connectivity index (χ4v) is 3.46. The van der Waals surface area contributed by atoms with Gasteiger partial charge in [0.05, 0.1) is 0 Å².